The highest BCUT2D eigenvalue weighted by molar-refractivity contribution is 6.32. The van der Waals surface area contributed by atoms with Crippen LogP contribution in [-0.2, 0) is 6.54 Å². The topological polar surface area (TPSA) is 44.7 Å². The average Bonchev–Trinajstić information content (AvgIpc) is 2.27. The molecule has 0 aromatic heterocycles. The van der Waals surface area contributed by atoms with Crippen LogP contribution in [-0.4, -0.2) is 49.9 Å². The van der Waals surface area contributed by atoms with Crippen molar-refractivity contribution in [1.29, 1.82) is 0 Å². The van der Waals surface area contributed by atoms with Crippen molar-refractivity contribution < 1.29 is 9.84 Å². The van der Waals surface area contributed by atoms with Gasteiger partial charge in [0.2, 0.25) is 0 Å². The standard InChI is InChI=1S/C14H23ClN2O2/c1-14(18,10-17(2)3)9-16-8-11-5-6-13(19-4)12(15)7-11/h5-7,16,18H,8-10H2,1-4H3. The van der Waals surface area contributed by atoms with Crippen LogP contribution in [0, 0.1) is 0 Å². The summed E-state index contributed by atoms with van der Waals surface area (Å²) in [4.78, 5) is 1.96. The van der Waals surface area contributed by atoms with Gasteiger partial charge in [-0.15, -0.1) is 0 Å². The fourth-order valence-corrected chi connectivity index (χ4v) is 2.31. The number of hydrogen-bond donors (Lipinski definition) is 2. The van der Waals surface area contributed by atoms with Gasteiger partial charge in [-0.25, -0.2) is 0 Å². The molecule has 0 bridgehead atoms. The molecule has 0 radical (unpaired) electrons. The number of nitrogens with one attached hydrogen (secondary N) is 1. The van der Waals surface area contributed by atoms with Crippen LogP contribution in [0.1, 0.15) is 12.5 Å². The van der Waals surface area contributed by atoms with Gasteiger partial charge in [0.1, 0.15) is 5.75 Å². The van der Waals surface area contributed by atoms with Crippen molar-refractivity contribution in [2.24, 2.45) is 0 Å². The molecule has 0 fully saturated rings. The summed E-state index contributed by atoms with van der Waals surface area (Å²) in [6, 6.07) is 5.67. The molecule has 1 rings (SSSR count). The Morgan fingerprint density at radius 3 is 2.63 bits per heavy atom. The third-order valence-electron chi connectivity index (χ3n) is 2.71. The van der Waals surface area contributed by atoms with Gasteiger partial charge in [0.05, 0.1) is 17.7 Å². The molecule has 0 amide bonds. The first kappa shape index (κ1) is 16.2. The summed E-state index contributed by atoms with van der Waals surface area (Å²) in [5, 5.41) is 14.0. The molecule has 108 valence electrons. The van der Waals surface area contributed by atoms with Crippen LogP contribution in [0.3, 0.4) is 0 Å². The number of likely N-dealkylation sites (N-methyl/N-ethyl adjacent to an activating group) is 1. The molecule has 1 unspecified atom stereocenters. The van der Waals surface area contributed by atoms with Crippen LogP contribution < -0.4 is 10.1 Å². The van der Waals surface area contributed by atoms with E-state index in [1.165, 1.54) is 0 Å². The molecule has 0 aliphatic carbocycles. The van der Waals surface area contributed by atoms with Gasteiger partial charge in [0.15, 0.2) is 0 Å². The number of nitrogens with zero attached hydrogens (tertiary/aromatic N) is 1. The Balaban J connectivity index is 2.47. The van der Waals surface area contributed by atoms with Crippen molar-refractivity contribution in [2.45, 2.75) is 19.1 Å². The fraction of sp³-hybridized carbons (Fsp3) is 0.571. The van der Waals surface area contributed by atoms with Crippen LogP contribution >= 0.6 is 11.6 Å². The summed E-state index contributed by atoms with van der Waals surface area (Å²) in [5.74, 6) is 0.671. The van der Waals surface area contributed by atoms with Crippen LogP contribution in [0.2, 0.25) is 5.02 Å². The minimum Gasteiger partial charge on any atom is -0.495 e. The lowest BCUT2D eigenvalue weighted by atomic mass is 10.1. The van der Waals surface area contributed by atoms with E-state index in [-0.39, 0.29) is 0 Å². The molecule has 2 N–H and O–H groups in total. The first-order valence-electron chi connectivity index (χ1n) is 6.24. The molecule has 4 nitrogen and oxygen atoms in total. The van der Waals surface area contributed by atoms with Gasteiger partial charge in [-0.3, -0.25) is 0 Å². The van der Waals surface area contributed by atoms with Crippen molar-refractivity contribution >= 4 is 11.6 Å². The molecule has 0 saturated carbocycles. The average molecular weight is 287 g/mol. The van der Waals surface area contributed by atoms with Crippen LogP contribution in [0.4, 0.5) is 0 Å². The van der Waals surface area contributed by atoms with Crippen molar-refractivity contribution in [3.63, 3.8) is 0 Å². The number of halogens is 1. The maximum absolute atomic E-state index is 10.1. The molecule has 0 spiro atoms. The minimum atomic E-state index is -0.750. The van der Waals surface area contributed by atoms with Crippen LogP contribution in [0.25, 0.3) is 0 Å². The predicted octanol–water partition coefficient (Wildman–Crippen LogP) is 1.75. The van der Waals surface area contributed by atoms with E-state index in [1.54, 1.807) is 7.11 Å². The maximum atomic E-state index is 10.1. The molecule has 5 heteroatoms. The summed E-state index contributed by atoms with van der Waals surface area (Å²) in [6.07, 6.45) is 0. The Labute approximate surface area is 120 Å². The van der Waals surface area contributed by atoms with Gasteiger partial charge < -0.3 is 20.1 Å². The van der Waals surface area contributed by atoms with E-state index in [2.05, 4.69) is 5.32 Å². The molecule has 19 heavy (non-hydrogen) atoms. The Morgan fingerprint density at radius 2 is 2.11 bits per heavy atom. The molecular formula is C14H23ClN2O2. The second kappa shape index (κ2) is 7.10. The zero-order chi connectivity index (χ0) is 14.5. The summed E-state index contributed by atoms with van der Waals surface area (Å²) in [6.45, 7) is 3.62. The number of hydrogen-bond acceptors (Lipinski definition) is 4. The van der Waals surface area contributed by atoms with E-state index in [0.29, 0.717) is 30.4 Å². The van der Waals surface area contributed by atoms with Gasteiger partial charge >= 0.3 is 0 Å². The van der Waals surface area contributed by atoms with Crippen molar-refractivity contribution in [3.05, 3.63) is 28.8 Å². The molecular weight excluding hydrogens is 264 g/mol. The van der Waals surface area contributed by atoms with Crippen molar-refractivity contribution in [1.82, 2.24) is 10.2 Å². The lowest BCUT2D eigenvalue weighted by Crippen LogP contribution is -2.45. The Hall–Kier alpha value is -0.810. The highest BCUT2D eigenvalue weighted by Crippen LogP contribution is 2.24. The third kappa shape index (κ3) is 5.78. The summed E-state index contributed by atoms with van der Waals surface area (Å²) >= 11 is 6.06. The second-order valence-corrected chi connectivity index (χ2v) is 5.71. The molecule has 1 aromatic rings. The van der Waals surface area contributed by atoms with E-state index in [4.69, 9.17) is 16.3 Å². The minimum absolute atomic E-state index is 0.523. The zero-order valence-corrected chi connectivity index (χ0v) is 12.8. The Kier molecular flexibility index (Phi) is 6.07. The highest BCUT2D eigenvalue weighted by atomic mass is 35.5. The summed E-state index contributed by atoms with van der Waals surface area (Å²) in [7, 11) is 5.48. The molecule has 1 atom stereocenters. The van der Waals surface area contributed by atoms with E-state index in [0.717, 1.165) is 5.56 Å². The first-order valence-corrected chi connectivity index (χ1v) is 6.62. The molecule has 0 heterocycles. The van der Waals surface area contributed by atoms with Crippen molar-refractivity contribution in [2.75, 3.05) is 34.3 Å². The molecule has 0 saturated heterocycles. The highest BCUT2D eigenvalue weighted by Gasteiger charge is 2.20. The fourth-order valence-electron chi connectivity index (χ4n) is 2.03. The SMILES string of the molecule is COc1ccc(CNCC(C)(O)CN(C)C)cc1Cl. The number of methoxy groups -OCH3 is 1. The van der Waals surface area contributed by atoms with E-state index in [1.807, 2.05) is 44.1 Å². The van der Waals surface area contributed by atoms with E-state index >= 15 is 0 Å². The quantitative estimate of drug-likeness (QED) is 0.802. The van der Waals surface area contributed by atoms with Gasteiger partial charge in [-0.1, -0.05) is 17.7 Å². The number of rotatable bonds is 7. The molecule has 1 aromatic carbocycles. The first-order chi connectivity index (χ1) is 8.84. The predicted molar refractivity (Wildman–Crippen MR) is 78.9 cm³/mol. The summed E-state index contributed by atoms with van der Waals surface area (Å²) in [5.41, 5.74) is 0.311. The van der Waals surface area contributed by atoms with Crippen molar-refractivity contribution in [3.8, 4) is 5.75 Å². The zero-order valence-electron chi connectivity index (χ0n) is 12.0. The largest absolute Gasteiger partial charge is 0.495 e. The second-order valence-electron chi connectivity index (χ2n) is 5.31. The molecule has 0 aliphatic heterocycles. The normalized spacial score (nSPS) is 14.5. The van der Waals surface area contributed by atoms with E-state index < -0.39 is 5.60 Å². The smallest absolute Gasteiger partial charge is 0.137 e. The van der Waals surface area contributed by atoms with Gasteiger partial charge in [0.25, 0.3) is 0 Å². The van der Waals surface area contributed by atoms with Crippen LogP contribution in [0.5, 0.6) is 5.75 Å². The van der Waals surface area contributed by atoms with Gasteiger partial charge in [0, 0.05) is 19.6 Å². The van der Waals surface area contributed by atoms with Crippen LogP contribution in [0.15, 0.2) is 18.2 Å². The van der Waals surface area contributed by atoms with E-state index in [9.17, 15) is 5.11 Å². The number of ether oxygens (including phenoxy) is 1. The van der Waals surface area contributed by atoms with Gasteiger partial charge in [-0.2, -0.15) is 0 Å². The monoisotopic (exact) mass is 286 g/mol. The molecule has 0 aliphatic rings. The maximum Gasteiger partial charge on any atom is 0.137 e. The van der Waals surface area contributed by atoms with Gasteiger partial charge in [-0.05, 0) is 38.7 Å². The Bertz CT molecular complexity index is 408. The number of aliphatic hydroxyl groups is 1. The lowest BCUT2D eigenvalue weighted by molar-refractivity contribution is 0.0336. The Morgan fingerprint density at radius 1 is 1.42 bits per heavy atom. The number of benzene rings is 1. The lowest BCUT2D eigenvalue weighted by Gasteiger charge is -2.27. The summed E-state index contributed by atoms with van der Waals surface area (Å²) < 4.78 is 5.10. The third-order valence-corrected chi connectivity index (χ3v) is 3.00.